The van der Waals surface area contributed by atoms with Crippen LogP contribution in [0.15, 0.2) is 84.9 Å². The number of nitrogens with one attached hydrogen (secondary N) is 1. The molecule has 0 saturated carbocycles. The number of hydrogen-bond donors (Lipinski definition) is 1. The molecule has 3 amide bonds. The SMILES string of the molecule is COc1cccc(NC(=O)COC(=O)c2ccc(N3C(=O)c4cccc5cccc(c45)C3=O)cc2)c1. The van der Waals surface area contributed by atoms with Gasteiger partial charge in [0.15, 0.2) is 6.61 Å². The summed E-state index contributed by atoms with van der Waals surface area (Å²) in [6, 6.07) is 23.3. The third kappa shape index (κ3) is 4.16. The number of methoxy groups -OCH3 is 1. The highest BCUT2D eigenvalue weighted by Gasteiger charge is 2.33. The van der Waals surface area contributed by atoms with E-state index < -0.39 is 30.3 Å². The molecule has 1 aliphatic rings. The Morgan fingerprint density at radius 2 is 1.47 bits per heavy atom. The Bertz CT molecular complexity index is 1480. The van der Waals surface area contributed by atoms with Crippen LogP contribution < -0.4 is 15.0 Å². The van der Waals surface area contributed by atoms with Gasteiger partial charge in [-0.05, 0) is 53.9 Å². The highest BCUT2D eigenvalue weighted by atomic mass is 16.5. The van der Waals surface area contributed by atoms with E-state index in [4.69, 9.17) is 9.47 Å². The summed E-state index contributed by atoms with van der Waals surface area (Å²) in [6.07, 6.45) is 0. The van der Waals surface area contributed by atoms with Crippen LogP contribution in [0.3, 0.4) is 0 Å². The van der Waals surface area contributed by atoms with Crippen molar-refractivity contribution < 1.29 is 28.7 Å². The monoisotopic (exact) mass is 480 g/mol. The lowest BCUT2D eigenvalue weighted by Crippen LogP contribution is -2.40. The molecule has 0 aliphatic carbocycles. The summed E-state index contributed by atoms with van der Waals surface area (Å²) in [6.45, 7) is -0.484. The average molecular weight is 480 g/mol. The van der Waals surface area contributed by atoms with Crippen molar-refractivity contribution in [1.82, 2.24) is 0 Å². The zero-order valence-corrected chi connectivity index (χ0v) is 19.2. The molecule has 0 bridgehead atoms. The largest absolute Gasteiger partial charge is 0.497 e. The van der Waals surface area contributed by atoms with E-state index in [1.807, 2.05) is 12.1 Å². The fourth-order valence-electron chi connectivity index (χ4n) is 4.12. The molecule has 8 heteroatoms. The molecule has 0 spiro atoms. The zero-order valence-electron chi connectivity index (χ0n) is 19.2. The second-order valence-corrected chi connectivity index (χ2v) is 8.06. The number of amides is 3. The molecule has 178 valence electrons. The molecule has 4 aromatic rings. The van der Waals surface area contributed by atoms with Gasteiger partial charge in [0.05, 0.1) is 18.4 Å². The predicted molar refractivity (Wildman–Crippen MR) is 133 cm³/mol. The average Bonchev–Trinajstić information content (AvgIpc) is 2.91. The van der Waals surface area contributed by atoms with Crippen LogP contribution in [0.2, 0.25) is 0 Å². The standard InChI is InChI=1S/C28H20N2O6/c1-35-21-8-4-7-19(15-21)29-24(31)16-36-28(34)18-11-13-20(14-12-18)30-26(32)22-9-2-5-17-6-3-10-23(25(17)22)27(30)33/h2-15H,16H2,1H3,(H,29,31). The molecule has 0 unspecified atom stereocenters. The zero-order chi connectivity index (χ0) is 25.2. The van der Waals surface area contributed by atoms with Crippen LogP contribution in [-0.2, 0) is 9.53 Å². The maximum Gasteiger partial charge on any atom is 0.338 e. The molecule has 0 radical (unpaired) electrons. The maximum absolute atomic E-state index is 13.2. The number of anilines is 2. The fraction of sp³-hybridized carbons (Fsp3) is 0.0714. The molecule has 1 aliphatic heterocycles. The highest BCUT2D eigenvalue weighted by Crippen LogP contribution is 2.32. The van der Waals surface area contributed by atoms with Gasteiger partial charge in [-0.25, -0.2) is 9.69 Å². The minimum absolute atomic E-state index is 0.173. The first-order valence-electron chi connectivity index (χ1n) is 11.1. The van der Waals surface area contributed by atoms with Gasteiger partial charge in [0, 0.05) is 28.3 Å². The van der Waals surface area contributed by atoms with Crippen molar-refractivity contribution in [3.8, 4) is 5.75 Å². The lowest BCUT2D eigenvalue weighted by molar-refractivity contribution is -0.119. The normalized spacial score (nSPS) is 12.4. The van der Waals surface area contributed by atoms with E-state index in [9.17, 15) is 19.2 Å². The summed E-state index contributed by atoms with van der Waals surface area (Å²) >= 11 is 0. The summed E-state index contributed by atoms with van der Waals surface area (Å²) in [5.74, 6) is -1.52. The number of esters is 1. The highest BCUT2D eigenvalue weighted by molar-refractivity contribution is 6.35. The van der Waals surface area contributed by atoms with Crippen LogP contribution in [0, 0.1) is 0 Å². The number of ether oxygens (including phenoxy) is 2. The van der Waals surface area contributed by atoms with Gasteiger partial charge in [0.25, 0.3) is 17.7 Å². The van der Waals surface area contributed by atoms with Crippen molar-refractivity contribution in [2.75, 3.05) is 23.9 Å². The van der Waals surface area contributed by atoms with E-state index in [0.717, 1.165) is 10.3 Å². The number of benzene rings is 4. The smallest absolute Gasteiger partial charge is 0.338 e. The molecule has 4 aromatic carbocycles. The lowest BCUT2D eigenvalue weighted by Gasteiger charge is -2.27. The number of imide groups is 1. The van der Waals surface area contributed by atoms with E-state index in [1.165, 1.54) is 31.4 Å². The first-order valence-corrected chi connectivity index (χ1v) is 11.1. The Hall–Kier alpha value is -4.98. The molecule has 1 N–H and O–H groups in total. The molecule has 0 aromatic heterocycles. The van der Waals surface area contributed by atoms with Gasteiger partial charge in [-0.2, -0.15) is 0 Å². The van der Waals surface area contributed by atoms with Crippen LogP contribution >= 0.6 is 0 Å². The maximum atomic E-state index is 13.2. The Morgan fingerprint density at radius 1 is 0.833 bits per heavy atom. The molecule has 5 rings (SSSR count). The van der Waals surface area contributed by atoms with Gasteiger partial charge >= 0.3 is 5.97 Å². The Morgan fingerprint density at radius 3 is 2.11 bits per heavy atom. The minimum atomic E-state index is -0.714. The molecule has 0 atom stereocenters. The predicted octanol–water partition coefficient (Wildman–Crippen LogP) is 4.44. The summed E-state index contributed by atoms with van der Waals surface area (Å²) < 4.78 is 10.2. The van der Waals surface area contributed by atoms with Crippen molar-refractivity contribution in [2.45, 2.75) is 0 Å². The molecular weight excluding hydrogens is 460 g/mol. The number of carbonyl (C=O) groups is 4. The lowest BCUT2D eigenvalue weighted by atomic mass is 9.94. The molecule has 1 heterocycles. The minimum Gasteiger partial charge on any atom is -0.497 e. The second kappa shape index (κ2) is 9.34. The second-order valence-electron chi connectivity index (χ2n) is 8.06. The quantitative estimate of drug-likeness (QED) is 0.323. The van der Waals surface area contributed by atoms with Gasteiger partial charge in [0.1, 0.15) is 5.75 Å². The fourth-order valence-corrected chi connectivity index (χ4v) is 4.12. The first kappa shape index (κ1) is 22.8. The first-order chi connectivity index (χ1) is 17.5. The van der Waals surface area contributed by atoms with Crippen molar-refractivity contribution in [3.63, 3.8) is 0 Å². The number of hydrogen-bond acceptors (Lipinski definition) is 6. The summed E-state index contributed by atoms with van der Waals surface area (Å²) in [5.41, 5.74) is 1.88. The third-order valence-corrected chi connectivity index (χ3v) is 5.82. The number of carbonyl (C=O) groups excluding carboxylic acids is 4. The van der Waals surface area contributed by atoms with E-state index in [1.54, 1.807) is 48.5 Å². The topological polar surface area (TPSA) is 102 Å². The van der Waals surface area contributed by atoms with Gasteiger partial charge in [0.2, 0.25) is 0 Å². The van der Waals surface area contributed by atoms with Gasteiger partial charge in [-0.15, -0.1) is 0 Å². The van der Waals surface area contributed by atoms with Crippen LogP contribution in [0.1, 0.15) is 31.1 Å². The molecule has 8 nitrogen and oxygen atoms in total. The van der Waals surface area contributed by atoms with E-state index in [0.29, 0.717) is 33.6 Å². The van der Waals surface area contributed by atoms with Gasteiger partial charge < -0.3 is 14.8 Å². The molecule has 36 heavy (non-hydrogen) atoms. The number of rotatable bonds is 6. The van der Waals surface area contributed by atoms with Crippen LogP contribution in [0.5, 0.6) is 5.75 Å². The van der Waals surface area contributed by atoms with Crippen molar-refractivity contribution in [1.29, 1.82) is 0 Å². The Kier molecular flexibility index (Phi) is 5.92. The van der Waals surface area contributed by atoms with E-state index >= 15 is 0 Å². The van der Waals surface area contributed by atoms with Crippen LogP contribution in [-0.4, -0.2) is 37.4 Å². The third-order valence-electron chi connectivity index (χ3n) is 5.82. The molecule has 0 saturated heterocycles. The van der Waals surface area contributed by atoms with E-state index in [-0.39, 0.29) is 5.56 Å². The summed E-state index contributed by atoms with van der Waals surface area (Å²) in [4.78, 5) is 52.0. The van der Waals surface area contributed by atoms with Crippen molar-refractivity contribution in [2.24, 2.45) is 0 Å². The van der Waals surface area contributed by atoms with Gasteiger partial charge in [-0.1, -0.05) is 30.3 Å². The van der Waals surface area contributed by atoms with Crippen LogP contribution in [0.25, 0.3) is 10.8 Å². The summed E-state index contributed by atoms with van der Waals surface area (Å²) in [7, 11) is 1.52. The molecular formula is C28H20N2O6. The number of nitrogens with zero attached hydrogens (tertiary/aromatic N) is 1. The Labute approximate surface area is 206 Å². The molecule has 0 fully saturated rings. The Balaban J connectivity index is 1.27. The summed E-state index contributed by atoms with van der Waals surface area (Å²) in [5, 5.41) is 4.08. The van der Waals surface area contributed by atoms with E-state index in [2.05, 4.69) is 5.32 Å². The van der Waals surface area contributed by atoms with Crippen LogP contribution in [0.4, 0.5) is 11.4 Å². The van der Waals surface area contributed by atoms with Crippen molar-refractivity contribution >= 4 is 45.8 Å². The van der Waals surface area contributed by atoms with Crippen molar-refractivity contribution in [3.05, 3.63) is 102 Å². The van der Waals surface area contributed by atoms with Gasteiger partial charge in [-0.3, -0.25) is 14.4 Å².